The highest BCUT2D eigenvalue weighted by atomic mass is 79.9. The Kier molecular flexibility index (Phi) is 4.47. The molecule has 0 saturated carbocycles. The van der Waals surface area contributed by atoms with Crippen LogP contribution in [0.3, 0.4) is 0 Å². The van der Waals surface area contributed by atoms with Crippen molar-refractivity contribution in [3.05, 3.63) is 10.7 Å². The van der Waals surface area contributed by atoms with Crippen LogP contribution in [-0.4, -0.2) is 28.0 Å². The highest BCUT2D eigenvalue weighted by molar-refractivity contribution is 9.10. The van der Waals surface area contributed by atoms with Crippen LogP contribution in [0.2, 0.25) is 0 Å². The maximum Gasteiger partial charge on any atom is 0.225 e. The number of aromatic nitrogens is 2. The molecule has 0 fully saturated rings. The zero-order chi connectivity index (χ0) is 10.6. The highest BCUT2D eigenvalue weighted by Gasteiger charge is 2.04. The van der Waals surface area contributed by atoms with Gasteiger partial charge in [0.1, 0.15) is 10.4 Å². The number of rotatable bonds is 4. The summed E-state index contributed by atoms with van der Waals surface area (Å²) in [5.74, 6) is 2.04. The lowest BCUT2D eigenvalue weighted by molar-refractivity contribution is 0.886. The summed E-state index contributed by atoms with van der Waals surface area (Å²) in [7, 11) is 0. The minimum Gasteiger partial charge on any atom is -0.383 e. The van der Waals surface area contributed by atoms with Crippen LogP contribution >= 0.6 is 27.7 Å². The zero-order valence-electron chi connectivity index (χ0n) is 8.12. The zero-order valence-corrected chi connectivity index (χ0v) is 10.5. The molecule has 0 bridgehead atoms. The van der Waals surface area contributed by atoms with Crippen molar-refractivity contribution in [2.75, 3.05) is 23.1 Å². The first kappa shape index (κ1) is 11.6. The Morgan fingerprint density at radius 3 is 2.93 bits per heavy atom. The molecule has 1 aromatic heterocycles. The first-order valence-electron chi connectivity index (χ1n) is 4.17. The van der Waals surface area contributed by atoms with Gasteiger partial charge in [0, 0.05) is 17.9 Å². The third-order valence-electron chi connectivity index (χ3n) is 1.51. The van der Waals surface area contributed by atoms with Crippen LogP contribution in [0.15, 0.2) is 10.7 Å². The van der Waals surface area contributed by atoms with Gasteiger partial charge in [0.15, 0.2) is 0 Å². The first-order valence-corrected chi connectivity index (χ1v) is 6.36. The number of nitrogens with one attached hydrogen (secondary N) is 1. The van der Waals surface area contributed by atoms with Gasteiger partial charge >= 0.3 is 0 Å². The predicted molar refractivity (Wildman–Crippen MR) is 65.6 cm³/mol. The van der Waals surface area contributed by atoms with Crippen LogP contribution in [0.5, 0.6) is 0 Å². The van der Waals surface area contributed by atoms with Crippen LogP contribution in [0.25, 0.3) is 0 Å². The molecule has 78 valence electrons. The molecule has 0 spiro atoms. The van der Waals surface area contributed by atoms with Crippen molar-refractivity contribution in [3.63, 3.8) is 0 Å². The molecule has 1 aromatic rings. The quantitative estimate of drug-likeness (QED) is 0.824. The van der Waals surface area contributed by atoms with Crippen LogP contribution in [0.4, 0.5) is 11.8 Å². The number of nitrogens with two attached hydrogens (primary N) is 1. The second-order valence-electron chi connectivity index (χ2n) is 2.94. The van der Waals surface area contributed by atoms with Crippen molar-refractivity contribution in [2.45, 2.75) is 13.0 Å². The van der Waals surface area contributed by atoms with Crippen LogP contribution in [0.1, 0.15) is 6.92 Å². The molecule has 0 aliphatic carbocycles. The number of halogens is 1. The molecule has 3 N–H and O–H groups in total. The summed E-state index contributed by atoms with van der Waals surface area (Å²) >= 11 is 5.04. The molecular formula is C8H13BrN4S. The average Bonchev–Trinajstić information content (AvgIpc) is 2.01. The normalized spacial score (nSPS) is 12.5. The third kappa shape index (κ3) is 3.71. The van der Waals surface area contributed by atoms with E-state index >= 15 is 0 Å². The van der Waals surface area contributed by atoms with E-state index in [-0.39, 0.29) is 0 Å². The Bertz CT molecular complexity index is 287. The molecule has 1 atom stereocenters. The van der Waals surface area contributed by atoms with Gasteiger partial charge in [-0.2, -0.15) is 16.7 Å². The van der Waals surface area contributed by atoms with Crippen molar-refractivity contribution >= 4 is 39.5 Å². The largest absolute Gasteiger partial charge is 0.383 e. The van der Waals surface area contributed by atoms with E-state index in [2.05, 4.69) is 44.4 Å². The SMILES string of the molecule is CSCC(C)Nc1nc(N)cc(Br)n1. The molecule has 0 amide bonds. The number of anilines is 2. The van der Waals surface area contributed by atoms with Crippen molar-refractivity contribution in [1.82, 2.24) is 9.97 Å². The summed E-state index contributed by atoms with van der Waals surface area (Å²) in [5.41, 5.74) is 5.58. The summed E-state index contributed by atoms with van der Waals surface area (Å²) in [6.07, 6.45) is 2.06. The third-order valence-corrected chi connectivity index (χ3v) is 2.75. The van der Waals surface area contributed by atoms with Crippen LogP contribution in [-0.2, 0) is 0 Å². The smallest absolute Gasteiger partial charge is 0.225 e. The van der Waals surface area contributed by atoms with Gasteiger partial charge < -0.3 is 11.1 Å². The van der Waals surface area contributed by atoms with E-state index in [4.69, 9.17) is 5.73 Å². The van der Waals surface area contributed by atoms with Crippen molar-refractivity contribution in [3.8, 4) is 0 Å². The molecule has 1 heterocycles. The van der Waals surface area contributed by atoms with Gasteiger partial charge in [0.05, 0.1) is 0 Å². The molecule has 0 aliphatic rings. The molecule has 0 saturated heterocycles. The molecule has 6 heteroatoms. The standard InChI is InChI=1S/C8H13BrN4S/c1-5(4-14-2)11-8-12-6(9)3-7(10)13-8/h3,5H,4H2,1-2H3,(H3,10,11,12,13). The predicted octanol–water partition coefficient (Wildman–Crippen LogP) is 1.98. The Hall–Kier alpha value is -0.490. The Morgan fingerprint density at radius 1 is 1.64 bits per heavy atom. The van der Waals surface area contributed by atoms with E-state index in [1.165, 1.54) is 0 Å². The number of thioether (sulfide) groups is 1. The fourth-order valence-electron chi connectivity index (χ4n) is 1.01. The van der Waals surface area contributed by atoms with Gasteiger partial charge in [-0.1, -0.05) is 0 Å². The Balaban J connectivity index is 2.66. The maximum absolute atomic E-state index is 5.58. The number of nitrogens with zero attached hydrogens (tertiary/aromatic N) is 2. The van der Waals surface area contributed by atoms with Gasteiger partial charge in [-0.25, -0.2) is 4.98 Å². The number of nitrogen functional groups attached to an aromatic ring is 1. The number of hydrogen-bond donors (Lipinski definition) is 2. The summed E-state index contributed by atoms with van der Waals surface area (Å²) in [6.45, 7) is 2.08. The molecule has 0 aromatic carbocycles. The summed E-state index contributed by atoms with van der Waals surface area (Å²) in [4.78, 5) is 8.23. The topological polar surface area (TPSA) is 63.8 Å². The molecular weight excluding hydrogens is 264 g/mol. The van der Waals surface area contributed by atoms with Crippen LogP contribution < -0.4 is 11.1 Å². The molecule has 0 aliphatic heterocycles. The lowest BCUT2D eigenvalue weighted by Crippen LogP contribution is -2.19. The minimum absolute atomic E-state index is 0.332. The Morgan fingerprint density at radius 2 is 2.36 bits per heavy atom. The summed E-state index contributed by atoms with van der Waals surface area (Å²) in [5, 5.41) is 3.17. The minimum atomic E-state index is 0.332. The summed E-state index contributed by atoms with van der Waals surface area (Å²) in [6, 6.07) is 2.00. The fourth-order valence-corrected chi connectivity index (χ4v) is 2.00. The highest BCUT2D eigenvalue weighted by Crippen LogP contribution is 2.13. The van der Waals surface area contributed by atoms with Crippen molar-refractivity contribution in [2.24, 2.45) is 0 Å². The second kappa shape index (κ2) is 5.41. The van der Waals surface area contributed by atoms with E-state index in [1.54, 1.807) is 17.8 Å². The van der Waals surface area contributed by atoms with E-state index in [9.17, 15) is 0 Å². The first-order chi connectivity index (χ1) is 6.61. The average molecular weight is 277 g/mol. The van der Waals surface area contributed by atoms with E-state index in [1.807, 2.05) is 0 Å². The molecule has 0 radical (unpaired) electrons. The van der Waals surface area contributed by atoms with Crippen LogP contribution in [0, 0.1) is 0 Å². The lowest BCUT2D eigenvalue weighted by atomic mass is 10.4. The van der Waals surface area contributed by atoms with Gasteiger partial charge in [-0.15, -0.1) is 0 Å². The molecule has 1 unspecified atom stereocenters. The monoisotopic (exact) mass is 276 g/mol. The molecule has 4 nitrogen and oxygen atoms in total. The Labute approximate surface area is 96.2 Å². The molecule has 1 rings (SSSR count). The lowest BCUT2D eigenvalue weighted by Gasteiger charge is -2.12. The van der Waals surface area contributed by atoms with E-state index in [0.29, 0.717) is 22.4 Å². The molecule has 14 heavy (non-hydrogen) atoms. The van der Waals surface area contributed by atoms with E-state index in [0.717, 1.165) is 5.75 Å². The van der Waals surface area contributed by atoms with Gasteiger partial charge in [-0.05, 0) is 29.1 Å². The summed E-state index contributed by atoms with van der Waals surface area (Å²) < 4.78 is 0.698. The van der Waals surface area contributed by atoms with Gasteiger partial charge in [-0.3, -0.25) is 0 Å². The second-order valence-corrected chi connectivity index (χ2v) is 4.66. The fraction of sp³-hybridized carbons (Fsp3) is 0.500. The van der Waals surface area contributed by atoms with Crippen molar-refractivity contribution < 1.29 is 0 Å². The van der Waals surface area contributed by atoms with Gasteiger partial charge in [0.2, 0.25) is 5.95 Å². The maximum atomic E-state index is 5.58. The van der Waals surface area contributed by atoms with E-state index < -0.39 is 0 Å². The van der Waals surface area contributed by atoms with Gasteiger partial charge in [0.25, 0.3) is 0 Å². The van der Waals surface area contributed by atoms with Crippen molar-refractivity contribution in [1.29, 1.82) is 0 Å². The number of hydrogen-bond acceptors (Lipinski definition) is 5.